The molecular weight excluding hydrogens is 256 g/mol. The number of nitriles is 1. The smallest absolute Gasteiger partial charge is 0.267 e. The summed E-state index contributed by atoms with van der Waals surface area (Å²) in [6.07, 6.45) is 1.40. The molecule has 0 aliphatic heterocycles. The molecule has 106 valence electrons. The SMILES string of the molecule is CN(C)CCN/C=C(/C#N)C(=O)Nc1ccc(O)cc1. The van der Waals surface area contributed by atoms with Crippen molar-refractivity contribution in [2.75, 3.05) is 32.5 Å². The van der Waals surface area contributed by atoms with Crippen LogP contribution in [0.5, 0.6) is 5.75 Å². The fraction of sp³-hybridized carbons (Fsp3) is 0.286. The quantitative estimate of drug-likeness (QED) is 0.310. The number of benzene rings is 1. The Morgan fingerprint density at radius 1 is 1.40 bits per heavy atom. The number of carbonyl (C=O) groups is 1. The zero-order valence-electron chi connectivity index (χ0n) is 11.6. The number of amides is 1. The highest BCUT2D eigenvalue weighted by atomic mass is 16.3. The maximum absolute atomic E-state index is 11.8. The average molecular weight is 274 g/mol. The van der Waals surface area contributed by atoms with E-state index in [4.69, 9.17) is 10.4 Å². The van der Waals surface area contributed by atoms with E-state index < -0.39 is 5.91 Å². The van der Waals surface area contributed by atoms with Gasteiger partial charge in [0.1, 0.15) is 17.4 Å². The lowest BCUT2D eigenvalue weighted by molar-refractivity contribution is -0.112. The molecular formula is C14H18N4O2. The highest BCUT2D eigenvalue weighted by Crippen LogP contribution is 2.14. The summed E-state index contributed by atoms with van der Waals surface area (Å²) in [7, 11) is 3.88. The van der Waals surface area contributed by atoms with Crippen LogP contribution in [0.4, 0.5) is 5.69 Å². The molecule has 0 atom stereocenters. The minimum atomic E-state index is -0.490. The van der Waals surface area contributed by atoms with Crippen molar-refractivity contribution in [3.63, 3.8) is 0 Å². The number of anilines is 1. The van der Waals surface area contributed by atoms with Gasteiger partial charge in [-0.15, -0.1) is 0 Å². The van der Waals surface area contributed by atoms with Crippen molar-refractivity contribution in [2.45, 2.75) is 0 Å². The van der Waals surface area contributed by atoms with Crippen molar-refractivity contribution in [1.29, 1.82) is 5.26 Å². The van der Waals surface area contributed by atoms with Gasteiger partial charge >= 0.3 is 0 Å². The number of hydrogen-bond donors (Lipinski definition) is 3. The first kappa shape index (κ1) is 15.5. The summed E-state index contributed by atoms with van der Waals surface area (Å²) in [4.78, 5) is 13.8. The molecule has 0 bridgehead atoms. The summed E-state index contributed by atoms with van der Waals surface area (Å²) in [5.74, 6) is -0.375. The van der Waals surface area contributed by atoms with Crippen LogP contribution in [0, 0.1) is 11.3 Å². The second kappa shape index (κ2) is 7.81. The molecule has 1 aromatic carbocycles. The van der Waals surface area contributed by atoms with Crippen molar-refractivity contribution in [3.05, 3.63) is 36.0 Å². The highest BCUT2D eigenvalue weighted by Gasteiger charge is 2.08. The molecule has 6 heteroatoms. The van der Waals surface area contributed by atoms with Gasteiger partial charge in [0.2, 0.25) is 0 Å². The van der Waals surface area contributed by atoms with Crippen LogP contribution < -0.4 is 10.6 Å². The van der Waals surface area contributed by atoms with Gasteiger partial charge in [-0.3, -0.25) is 4.79 Å². The van der Waals surface area contributed by atoms with Crippen molar-refractivity contribution < 1.29 is 9.90 Å². The molecule has 3 N–H and O–H groups in total. The van der Waals surface area contributed by atoms with Gasteiger partial charge in [-0.25, -0.2) is 0 Å². The molecule has 0 radical (unpaired) electrons. The Kier molecular flexibility index (Phi) is 6.07. The molecule has 6 nitrogen and oxygen atoms in total. The zero-order chi connectivity index (χ0) is 15.0. The maximum Gasteiger partial charge on any atom is 0.267 e. The first-order valence-corrected chi connectivity index (χ1v) is 6.11. The van der Waals surface area contributed by atoms with Gasteiger partial charge in [0.25, 0.3) is 5.91 Å². The van der Waals surface area contributed by atoms with Crippen LogP contribution in [0.3, 0.4) is 0 Å². The molecule has 1 amide bonds. The van der Waals surface area contributed by atoms with Gasteiger partial charge in [-0.1, -0.05) is 0 Å². The fourth-order valence-electron chi connectivity index (χ4n) is 1.35. The Balaban J connectivity index is 2.56. The monoisotopic (exact) mass is 274 g/mol. The molecule has 0 heterocycles. The van der Waals surface area contributed by atoms with Crippen molar-refractivity contribution in [3.8, 4) is 11.8 Å². The summed E-state index contributed by atoms with van der Waals surface area (Å²) in [5, 5.41) is 23.6. The van der Waals surface area contributed by atoms with Crippen molar-refractivity contribution in [1.82, 2.24) is 10.2 Å². The maximum atomic E-state index is 11.8. The van der Waals surface area contributed by atoms with Crippen LogP contribution in [-0.4, -0.2) is 43.1 Å². The van der Waals surface area contributed by atoms with Crippen LogP contribution in [0.2, 0.25) is 0 Å². The first-order chi connectivity index (χ1) is 9.52. The lowest BCUT2D eigenvalue weighted by atomic mass is 10.2. The zero-order valence-corrected chi connectivity index (χ0v) is 11.6. The van der Waals surface area contributed by atoms with E-state index in [9.17, 15) is 4.79 Å². The molecule has 20 heavy (non-hydrogen) atoms. The van der Waals surface area contributed by atoms with Gasteiger partial charge < -0.3 is 20.6 Å². The fourth-order valence-corrected chi connectivity index (χ4v) is 1.35. The van der Waals surface area contributed by atoms with E-state index in [1.165, 1.54) is 18.3 Å². The average Bonchev–Trinajstić information content (AvgIpc) is 2.41. The van der Waals surface area contributed by atoms with Gasteiger partial charge in [0.05, 0.1) is 0 Å². The Hall–Kier alpha value is -2.52. The molecule has 0 aliphatic carbocycles. The first-order valence-electron chi connectivity index (χ1n) is 6.11. The van der Waals surface area contributed by atoms with E-state index in [-0.39, 0.29) is 11.3 Å². The van der Waals surface area contributed by atoms with Crippen molar-refractivity contribution in [2.24, 2.45) is 0 Å². The number of likely N-dealkylation sites (N-methyl/N-ethyl adjacent to an activating group) is 1. The van der Waals surface area contributed by atoms with E-state index in [0.29, 0.717) is 12.2 Å². The number of aromatic hydroxyl groups is 1. The molecule has 1 aromatic rings. The normalized spacial score (nSPS) is 11.0. The van der Waals surface area contributed by atoms with E-state index in [1.54, 1.807) is 12.1 Å². The van der Waals surface area contributed by atoms with E-state index in [1.807, 2.05) is 25.1 Å². The number of phenolic OH excluding ortho intramolecular Hbond substituents is 1. The lowest BCUT2D eigenvalue weighted by Gasteiger charge is -2.09. The number of nitrogens with one attached hydrogen (secondary N) is 2. The predicted octanol–water partition coefficient (Wildman–Crippen LogP) is 0.889. The molecule has 0 unspecified atom stereocenters. The summed E-state index contributed by atoms with van der Waals surface area (Å²) in [5.41, 5.74) is 0.513. The molecule has 0 aliphatic rings. The van der Waals surface area contributed by atoms with Gasteiger partial charge in [0.15, 0.2) is 0 Å². The molecule has 0 spiro atoms. The van der Waals surface area contributed by atoms with E-state index in [0.717, 1.165) is 6.54 Å². The van der Waals surface area contributed by atoms with Gasteiger partial charge in [-0.2, -0.15) is 5.26 Å². The number of nitrogens with zero attached hydrogens (tertiary/aromatic N) is 2. The molecule has 0 saturated heterocycles. The number of carbonyl (C=O) groups excluding carboxylic acids is 1. The highest BCUT2D eigenvalue weighted by molar-refractivity contribution is 6.06. The van der Waals surface area contributed by atoms with Crippen LogP contribution in [0.25, 0.3) is 0 Å². The second-order valence-electron chi connectivity index (χ2n) is 4.43. The Labute approximate surface area is 118 Å². The predicted molar refractivity (Wildman–Crippen MR) is 77.0 cm³/mol. The van der Waals surface area contributed by atoms with Crippen LogP contribution in [0.15, 0.2) is 36.0 Å². The summed E-state index contributed by atoms with van der Waals surface area (Å²) in [6, 6.07) is 7.88. The van der Waals surface area contributed by atoms with Crippen LogP contribution >= 0.6 is 0 Å². The van der Waals surface area contributed by atoms with Gasteiger partial charge in [0, 0.05) is 25.0 Å². The Bertz CT molecular complexity index is 515. The van der Waals surface area contributed by atoms with Crippen LogP contribution in [-0.2, 0) is 4.79 Å². The number of phenols is 1. The molecule has 0 saturated carbocycles. The summed E-state index contributed by atoms with van der Waals surface area (Å²) >= 11 is 0. The standard InChI is InChI=1S/C14H18N4O2/c1-18(2)8-7-16-10-11(9-15)14(20)17-12-3-5-13(19)6-4-12/h3-6,10,16,19H,7-8H2,1-2H3,(H,17,20)/b11-10-. The summed E-state index contributed by atoms with van der Waals surface area (Å²) in [6.45, 7) is 1.44. The third-order valence-electron chi connectivity index (χ3n) is 2.44. The Morgan fingerprint density at radius 3 is 2.60 bits per heavy atom. The van der Waals surface area contributed by atoms with Crippen molar-refractivity contribution >= 4 is 11.6 Å². The summed E-state index contributed by atoms with van der Waals surface area (Å²) < 4.78 is 0. The molecule has 0 aromatic heterocycles. The molecule has 1 rings (SSSR count). The minimum absolute atomic E-state index is 0.00293. The largest absolute Gasteiger partial charge is 0.508 e. The topological polar surface area (TPSA) is 88.4 Å². The van der Waals surface area contributed by atoms with Crippen LogP contribution in [0.1, 0.15) is 0 Å². The number of hydrogen-bond acceptors (Lipinski definition) is 5. The third kappa shape index (κ3) is 5.42. The number of rotatable bonds is 6. The molecule has 0 fully saturated rings. The Morgan fingerprint density at radius 2 is 2.05 bits per heavy atom. The second-order valence-corrected chi connectivity index (χ2v) is 4.43. The third-order valence-corrected chi connectivity index (χ3v) is 2.44. The van der Waals surface area contributed by atoms with E-state index in [2.05, 4.69) is 10.6 Å². The van der Waals surface area contributed by atoms with Gasteiger partial charge in [-0.05, 0) is 38.4 Å². The lowest BCUT2D eigenvalue weighted by Crippen LogP contribution is -2.24. The minimum Gasteiger partial charge on any atom is -0.508 e. The van der Waals surface area contributed by atoms with E-state index >= 15 is 0 Å².